The molecular formula is C58H36N2O. The Labute approximate surface area is 351 Å². The number of hydrogen-bond donors (Lipinski definition) is 0. The fourth-order valence-corrected chi connectivity index (χ4v) is 9.92. The maximum absolute atomic E-state index is 6.77. The molecule has 0 saturated carbocycles. The lowest BCUT2D eigenvalue weighted by molar-refractivity contribution is 0.672. The van der Waals surface area contributed by atoms with Gasteiger partial charge in [0.1, 0.15) is 11.2 Å². The molecule has 2 heterocycles. The Kier molecular flexibility index (Phi) is 7.31. The molecule has 0 aliphatic rings. The predicted octanol–water partition coefficient (Wildman–Crippen LogP) is 16.4. The molecule has 0 fully saturated rings. The van der Waals surface area contributed by atoms with E-state index >= 15 is 0 Å². The van der Waals surface area contributed by atoms with Crippen molar-refractivity contribution in [2.45, 2.75) is 0 Å². The second kappa shape index (κ2) is 13.2. The molecule has 0 saturated heterocycles. The van der Waals surface area contributed by atoms with Gasteiger partial charge >= 0.3 is 0 Å². The van der Waals surface area contributed by atoms with Crippen molar-refractivity contribution in [3.8, 4) is 16.8 Å². The summed E-state index contributed by atoms with van der Waals surface area (Å²) in [4.78, 5) is 2.43. The van der Waals surface area contributed by atoms with Gasteiger partial charge in [0.15, 0.2) is 0 Å². The highest BCUT2D eigenvalue weighted by Crippen LogP contribution is 2.48. The average molecular weight is 777 g/mol. The highest BCUT2D eigenvalue weighted by molar-refractivity contribution is 6.22. The summed E-state index contributed by atoms with van der Waals surface area (Å²) < 4.78 is 9.20. The van der Waals surface area contributed by atoms with Gasteiger partial charge in [-0.05, 0) is 109 Å². The van der Waals surface area contributed by atoms with Gasteiger partial charge in [-0.25, -0.2) is 0 Å². The minimum absolute atomic E-state index is 0.875. The van der Waals surface area contributed by atoms with E-state index in [2.05, 4.69) is 228 Å². The first-order valence-corrected chi connectivity index (χ1v) is 20.9. The van der Waals surface area contributed by atoms with Crippen molar-refractivity contribution in [1.82, 2.24) is 4.57 Å². The molecule has 13 aromatic rings. The van der Waals surface area contributed by atoms with Crippen LogP contribution in [0.5, 0.6) is 0 Å². The zero-order valence-electron chi connectivity index (χ0n) is 33.1. The lowest BCUT2D eigenvalue weighted by Gasteiger charge is -2.27. The average Bonchev–Trinajstić information content (AvgIpc) is 3.88. The van der Waals surface area contributed by atoms with Crippen LogP contribution in [0.25, 0.3) is 104 Å². The molecule has 0 aliphatic carbocycles. The molecule has 2 aromatic heterocycles. The quantitative estimate of drug-likeness (QED) is 0.162. The van der Waals surface area contributed by atoms with Crippen LogP contribution in [-0.2, 0) is 0 Å². The van der Waals surface area contributed by atoms with Crippen LogP contribution in [-0.4, -0.2) is 4.57 Å². The first kappa shape index (κ1) is 33.8. The molecule has 11 aromatic carbocycles. The fraction of sp³-hybridized carbons (Fsp3) is 0. The zero-order valence-corrected chi connectivity index (χ0v) is 33.1. The Morgan fingerprint density at radius 2 is 0.967 bits per heavy atom. The second-order valence-electron chi connectivity index (χ2n) is 16.1. The molecule has 0 aliphatic heterocycles. The Morgan fingerprint density at radius 1 is 0.361 bits per heavy atom. The van der Waals surface area contributed by atoms with Crippen LogP contribution in [0.4, 0.5) is 17.1 Å². The number of rotatable bonds is 5. The van der Waals surface area contributed by atoms with E-state index in [0.717, 1.165) is 61.0 Å². The topological polar surface area (TPSA) is 21.3 Å². The van der Waals surface area contributed by atoms with E-state index in [0.29, 0.717) is 0 Å². The summed E-state index contributed by atoms with van der Waals surface area (Å²) in [6, 6.07) is 79.4. The monoisotopic (exact) mass is 776 g/mol. The molecule has 0 radical (unpaired) electrons. The van der Waals surface area contributed by atoms with Gasteiger partial charge in [-0.1, -0.05) is 158 Å². The molecule has 13 rings (SSSR count). The first-order chi connectivity index (χ1) is 30.2. The Hall–Kier alpha value is -8.14. The molecular weight excluding hydrogens is 741 g/mol. The number of hydrogen-bond acceptors (Lipinski definition) is 2. The molecule has 61 heavy (non-hydrogen) atoms. The van der Waals surface area contributed by atoms with Gasteiger partial charge in [0, 0.05) is 38.6 Å². The van der Waals surface area contributed by atoms with Crippen molar-refractivity contribution in [2.24, 2.45) is 0 Å². The van der Waals surface area contributed by atoms with Crippen molar-refractivity contribution < 1.29 is 4.42 Å². The van der Waals surface area contributed by atoms with E-state index in [1.807, 2.05) is 0 Å². The third kappa shape index (κ3) is 5.17. The third-order valence-electron chi connectivity index (χ3n) is 12.7. The van der Waals surface area contributed by atoms with Gasteiger partial charge in [-0.2, -0.15) is 0 Å². The minimum atomic E-state index is 0.875. The molecule has 3 nitrogen and oxygen atoms in total. The molecule has 0 atom stereocenters. The van der Waals surface area contributed by atoms with Crippen molar-refractivity contribution in [2.75, 3.05) is 4.90 Å². The molecule has 3 heteroatoms. The molecule has 0 amide bonds. The van der Waals surface area contributed by atoms with Crippen LogP contribution < -0.4 is 4.90 Å². The Morgan fingerprint density at radius 3 is 1.79 bits per heavy atom. The van der Waals surface area contributed by atoms with Crippen molar-refractivity contribution in [3.05, 3.63) is 218 Å². The number of nitrogens with zero attached hydrogens (tertiary/aromatic N) is 2. The lowest BCUT2D eigenvalue weighted by Crippen LogP contribution is -2.10. The Bertz CT molecular complexity index is 3890. The van der Waals surface area contributed by atoms with E-state index in [1.54, 1.807) is 0 Å². The number of anilines is 3. The SMILES string of the molecule is c1ccc2cc(-n3c4ccccc4c4ccc(N(c5ccc(-c6cc7ccccc7c7ccccc67)cc5)c5cc6ccccc6c6oc7ccccc7c56)cc43)ccc2c1. The number of furan rings is 1. The van der Waals surface area contributed by atoms with Crippen LogP contribution in [0.3, 0.4) is 0 Å². The lowest BCUT2D eigenvalue weighted by atomic mass is 9.93. The van der Waals surface area contributed by atoms with Gasteiger partial charge in [0.25, 0.3) is 0 Å². The summed E-state index contributed by atoms with van der Waals surface area (Å²) in [5.74, 6) is 0. The summed E-state index contributed by atoms with van der Waals surface area (Å²) in [6.07, 6.45) is 0. The number of aromatic nitrogens is 1. The summed E-state index contributed by atoms with van der Waals surface area (Å²) >= 11 is 0. The van der Waals surface area contributed by atoms with Gasteiger partial charge < -0.3 is 13.9 Å². The van der Waals surface area contributed by atoms with Crippen LogP contribution in [0, 0.1) is 0 Å². The largest absolute Gasteiger partial charge is 0.455 e. The maximum atomic E-state index is 6.77. The van der Waals surface area contributed by atoms with E-state index < -0.39 is 0 Å². The molecule has 0 unspecified atom stereocenters. The van der Waals surface area contributed by atoms with E-state index in [4.69, 9.17) is 4.42 Å². The van der Waals surface area contributed by atoms with Crippen molar-refractivity contribution in [3.63, 3.8) is 0 Å². The van der Waals surface area contributed by atoms with Gasteiger partial charge in [0.2, 0.25) is 0 Å². The fourth-order valence-electron chi connectivity index (χ4n) is 9.92. The third-order valence-corrected chi connectivity index (χ3v) is 12.7. The standard InChI is InChI=1S/C58H36N2O/c1-2-14-39-33-43(30-25-37(39)13-1)60-53-23-11-9-21-49(53)50-32-31-44(36-54(50)60)59(55-35-41-16-4-6-18-46(41)58-57(55)51-22-10-12-24-56(51)61-58)42-28-26-38(27-29-42)52-34-40-15-3-5-17-45(40)47-19-7-8-20-48(47)52/h1-36H. The molecule has 284 valence electrons. The highest BCUT2D eigenvalue weighted by atomic mass is 16.3. The zero-order chi connectivity index (χ0) is 40.0. The smallest absolute Gasteiger partial charge is 0.145 e. The Balaban J connectivity index is 1.08. The van der Waals surface area contributed by atoms with Crippen LogP contribution in [0.1, 0.15) is 0 Å². The first-order valence-electron chi connectivity index (χ1n) is 20.9. The number of fused-ring (bicyclic) bond motifs is 12. The minimum Gasteiger partial charge on any atom is -0.455 e. The predicted molar refractivity (Wildman–Crippen MR) is 258 cm³/mol. The second-order valence-corrected chi connectivity index (χ2v) is 16.1. The molecule has 0 N–H and O–H groups in total. The molecule has 0 spiro atoms. The van der Waals surface area contributed by atoms with Gasteiger partial charge in [-0.15, -0.1) is 0 Å². The highest BCUT2D eigenvalue weighted by Gasteiger charge is 2.23. The van der Waals surface area contributed by atoms with Gasteiger partial charge in [0.05, 0.1) is 22.1 Å². The van der Waals surface area contributed by atoms with Crippen LogP contribution >= 0.6 is 0 Å². The summed E-state index contributed by atoms with van der Waals surface area (Å²) in [6.45, 7) is 0. The van der Waals surface area contributed by atoms with E-state index in [9.17, 15) is 0 Å². The van der Waals surface area contributed by atoms with Crippen LogP contribution in [0.15, 0.2) is 223 Å². The summed E-state index contributed by atoms with van der Waals surface area (Å²) in [5, 5.41) is 14.3. The normalized spacial score (nSPS) is 11.9. The molecule has 0 bridgehead atoms. The maximum Gasteiger partial charge on any atom is 0.145 e. The van der Waals surface area contributed by atoms with E-state index in [1.165, 1.54) is 59.7 Å². The van der Waals surface area contributed by atoms with Crippen molar-refractivity contribution in [1.29, 1.82) is 0 Å². The van der Waals surface area contributed by atoms with Gasteiger partial charge in [-0.3, -0.25) is 0 Å². The van der Waals surface area contributed by atoms with Crippen LogP contribution in [0.2, 0.25) is 0 Å². The number of benzene rings is 11. The summed E-state index contributed by atoms with van der Waals surface area (Å²) in [5.41, 5.74) is 10.8. The van der Waals surface area contributed by atoms with Crippen molar-refractivity contribution >= 4 is 104 Å². The summed E-state index contributed by atoms with van der Waals surface area (Å²) in [7, 11) is 0. The number of para-hydroxylation sites is 2. The van der Waals surface area contributed by atoms with E-state index in [-0.39, 0.29) is 0 Å².